The molecule has 0 atom stereocenters. The van der Waals surface area contributed by atoms with Gasteiger partial charge in [0, 0.05) is 19.0 Å². The quantitative estimate of drug-likeness (QED) is 0.738. The molecule has 0 spiro atoms. The molecule has 0 bridgehead atoms. The van der Waals surface area contributed by atoms with Crippen LogP contribution in [0.4, 0.5) is 5.95 Å². The first-order valence-electron chi connectivity index (χ1n) is 7.10. The molecule has 0 amide bonds. The molecule has 0 radical (unpaired) electrons. The van der Waals surface area contributed by atoms with Crippen molar-refractivity contribution in [1.82, 2.24) is 9.55 Å². The average molecular weight is 290 g/mol. The fourth-order valence-corrected chi connectivity index (χ4v) is 2.77. The van der Waals surface area contributed by atoms with Crippen LogP contribution in [0.2, 0.25) is 0 Å². The molecule has 22 heavy (non-hydrogen) atoms. The molecule has 0 saturated heterocycles. The second-order valence-electron chi connectivity index (χ2n) is 5.32. The van der Waals surface area contributed by atoms with E-state index in [-0.39, 0.29) is 5.78 Å². The first-order chi connectivity index (χ1) is 10.7. The maximum absolute atomic E-state index is 12.3. The monoisotopic (exact) mass is 290 g/mol. The zero-order chi connectivity index (χ0) is 15.1. The standard InChI is InChI=1S/C17H14N4O/c1-21-15-9-5-4-8-13(15)18-17(21)20-19-14-10-11-6-2-3-7-12(11)16(14)22/h2-9H,10H2,1H3,(H,18,20)/b19-14-. The molecule has 5 nitrogen and oxygen atoms in total. The summed E-state index contributed by atoms with van der Waals surface area (Å²) in [5.74, 6) is 0.610. The second-order valence-corrected chi connectivity index (χ2v) is 5.32. The molecule has 4 rings (SSSR count). The molecule has 0 unspecified atom stereocenters. The van der Waals surface area contributed by atoms with Crippen LogP contribution < -0.4 is 5.43 Å². The van der Waals surface area contributed by atoms with E-state index in [0.29, 0.717) is 18.1 Å². The third-order valence-electron chi connectivity index (χ3n) is 3.96. The minimum absolute atomic E-state index is 0.0122. The maximum Gasteiger partial charge on any atom is 0.224 e. The number of ketones is 1. The molecule has 3 aromatic rings. The zero-order valence-corrected chi connectivity index (χ0v) is 12.1. The third kappa shape index (κ3) is 1.90. The van der Waals surface area contributed by atoms with Crippen LogP contribution in [-0.4, -0.2) is 21.0 Å². The van der Waals surface area contributed by atoms with Crippen LogP contribution in [0.25, 0.3) is 11.0 Å². The van der Waals surface area contributed by atoms with Gasteiger partial charge >= 0.3 is 0 Å². The zero-order valence-electron chi connectivity index (χ0n) is 12.1. The normalized spacial score (nSPS) is 15.5. The number of hydrazone groups is 1. The van der Waals surface area contributed by atoms with Crippen LogP contribution >= 0.6 is 0 Å². The smallest absolute Gasteiger partial charge is 0.224 e. The summed E-state index contributed by atoms with van der Waals surface area (Å²) in [6.07, 6.45) is 0.561. The highest BCUT2D eigenvalue weighted by Gasteiger charge is 2.26. The molecule has 0 saturated carbocycles. The van der Waals surface area contributed by atoms with Crippen molar-refractivity contribution in [2.45, 2.75) is 6.42 Å². The van der Waals surface area contributed by atoms with Crippen LogP contribution in [-0.2, 0) is 13.5 Å². The van der Waals surface area contributed by atoms with Gasteiger partial charge in [0.05, 0.1) is 11.0 Å². The topological polar surface area (TPSA) is 59.3 Å². The highest BCUT2D eigenvalue weighted by atomic mass is 16.1. The van der Waals surface area contributed by atoms with E-state index in [1.807, 2.05) is 60.1 Å². The van der Waals surface area contributed by atoms with Crippen LogP contribution in [0.5, 0.6) is 0 Å². The van der Waals surface area contributed by atoms with Gasteiger partial charge in [-0.15, -0.1) is 0 Å². The molecule has 1 aliphatic rings. The van der Waals surface area contributed by atoms with E-state index < -0.39 is 0 Å². The number of nitrogens with one attached hydrogen (secondary N) is 1. The molecule has 1 heterocycles. The van der Waals surface area contributed by atoms with E-state index in [1.165, 1.54) is 0 Å². The predicted octanol–water partition coefficient (Wildman–Crippen LogP) is 2.78. The van der Waals surface area contributed by atoms with Crippen LogP contribution in [0.15, 0.2) is 53.6 Å². The predicted molar refractivity (Wildman–Crippen MR) is 86.2 cm³/mol. The Kier molecular flexibility index (Phi) is 2.79. The summed E-state index contributed by atoms with van der Waals surface area (Å²) in [6, 6.07) is 15.5. The lowest BCUT2D eigenvalue weighted by molar-refractivity contribution is 0.106. The number of carbonyl (C=O) groups is 1. The fraction of sp³-hybridized carbons (Fsp3) is 0.118. The van der Waals surface area contributed by atoms with Crippen molar-refractivity contribution in [2.24, 2.45) is 12.1 Å². The lowest BCUT2D eigenvalue weighted by Gasteiger charge is -2.01. The van der Waals surface area contributed by atoms with E-state index in [9.17, 15) is 4.79 Å². The maximum atomic E-state index is 12.3. The van der Waals surface area contributed by atoms with E-state index in [0.717, 1.165) is 22.2 Å². The number of para-hydroxylation sites is 2. The Bertz CT molecular complexity index is 923. The van der Waals surface area contributed by atoms with Gasteiger partial charge in [0.25, 0.3) is 0 Å². The molecule has 1 aliphatic carbocycles. The largest absolute Gasteiger partial charge is 0.312 e. The summed E-state index contributed by atoms with van der Waals surface area (Å²) in [7, 11) is 1.92. The molecule has 108 valence electrons. The number of fused-ring (bicyclic) bond motifs is 2. The fourth-order valence-electron chi connectivity index (χ4n) is 2.77. The summed E-state index contributed by atoms with van der Waals surface area (Å²) in [5.41, 5.74) is 7.14. The number of Topliss-reactive ketones (excluding diaryl/α,β-unsaturated/α-hetero) is 1. The SMILES string of the molecule is Cn1c(N/N=C2/Cc3ccccc3C2=O)nc2ccccc21. The van der Waals surface area contributed by atoms with Crippen LogP contribution in [0, 0.1) is 0 Å². The summed E-state index contributed by atoms with van der Waals surface area (Å²) in [6.45, 7) is 0. The number of imidazole rings is 1. The summed E-state index contributed by atoms with van der Waals surface area (Å²) in [5, 5.41) is 4.28. The summed E-state index contributed by atoms with van der Waals surface area (Å²) >= 11 is 0. The van der Waals surface area contributed by atoms with Gasteiger partial charge in [-0.05, 0) is 17.7 Å². The summed E-state index contributed by atoms with van der Waals surface area (Å²) in [4.78, 5) is 16.8. The van der Waals surface area contributed by atoms with E-state index >= 15 is 0 Å². The van der Waals surface area contributed by atoms with Gasteiger partial charge in [0.15, 0.2) is 0 Å². The van der Waals surface area contributed by atoms with E-state index in [2.05, 4.69) is 15.5 Å². The molecule has 1 N–H and O–H groups in total. The molecule has 0 aliphatic heterocycles. The van der Waals surface area contributed by atoms with Crippen molar-refractivity contribution in [3.05, 3.63) is 59.7 Å². The highest BCUT2D eigenvalue weighted by Crippen LogP contribution is 2.21. The minimum atomic E-state index is -0.0122. The van der Waals surface area contributed by atoms with Crippen molar-refractivity contribution in [3.63, 3.8) is 0 Å². The van der Waals surface area contributed by atoms with Gasteiger partial charge in [-0.3, -0.25) is 4.79 Å². The molecular weight excluding hydrogens is 276 g/mol. The number of benzene rings is 2. The highest BCUT2D eigenvalue weighted by molar-refractivity contribution is 6.49. The number of nitrogens with zero attached hydrogens (tertiary/aromatic N) is 3. The number of anilines is 1. The molecule has 0 fully saturated rings. The molecular formula is C17H14N4O. The van der Waals surface area contributed by atoms with Crippen molar-refractivity contribution >= 4 is 28.5 Å². The lowest BCUT2D eigenvalue weighted by Crippen LogP contribution is -2.11. The van der Waals surface area contributed by atoms with E-state index in [1.54, 1.807) is 0 Å². The van der Waals surface area contributed by atoms with Gasteiger partial charge < -0.3 is 4.57 Å². The average Bonchev–Trinajstić information content (AvgIpc) is 3.04. The minimum Gasteiger partial charge on any atom is -0.312 e. The second kappa shape index (κ2) is 4.80. The number of aryl methyl sites for hydroxylation is 1. The van der Waals surface area contributed by atoms with Crippen molar-refractivity contribution in [2.75, 3.05) is 5.43 Å². The Labute approximate surface area is 127 Å². The Hall–Kier alpha value is -2.95. The Balaban J connectivity index is 1.65. The number of hydrogen-bond acceptors (Lipinski definition) is 4. The number of rotatable bonds is 2. The Morgan fingerprint density at radius 3 is 2.73 bits per heavy atom. The third-order valence-corrected chi connectivity index (χ3v) is 3.96. The van der Waals surface area contributed by atoms with Gasteiger partial charge in [0.2, 0.25) is 11.7 Å². The number of hydrogen-bond donors (Lipinski definition) is 1. The van der Waals surface area contributed by atoms with Gasteiger partial charge in [0.1, 0.15) is 5.71 Å². The van der Waals surface area contributed by atoms with Crippen molar-refractivity contribution in [1.29, 1.82) is 0 Å². The molecule has 2 aromatic carbocycles. The summed E-state index contributed by atoms with van der Waals surface area (Å²) < 4.78 is 1.92. The van der Waals surface area contributed by atoms with Gasteiger partial charge in [-0.2, -0.15) is 5.10 Å². The van der Waals surface area contributed by atoms with Crippen LogP contribution in [0.3, 0.4) is 0 Å². The van der Waals surface area contributed by atoms with Crippen molar-refractivity contribution < 1.29 is 4.79 Å². The molecule has 1 aromatic heterocycles. The first kappa shape index (κ1) is 12.8. The van der Waals surface area contributed by atoms with E-state index in [4.69, 9.17) is 0 Å². The Morgan fingerprint density at radius 1 is 1.14 bits per heavy atom. The Morgan fingerprint density at radius 2 is 1.91 bits per heavy atom. The number of aromatic nitrogens is 2. The number of carbonyl (C=O) groups excluding carboxylic acids is 1. The molecule has 5 heteroatoms. The van der Waals surface area contributed by atoms with Crippen molar-refractivity contribution in [3.8, 4) is 0 Å². The first-order valence-corrected chi connectivity index (χ1v) is 7.10. The lowest BCUT2D eigenvalue weighted by atomic mass is 10.1. The van der Waals surface area contributed by atoms with Crippen LogP contribution in [0.1, 0.15) is 15.9 Å². The van der Waals surface area contributed by atoms with Gasteiger partial charge in [-0.1, -0.05) is 36.4 Å². The van der Waals surface area contributed by atoms with Gasteiger partial charge in [-0.25, -0.2) is 10.4 Å².